The Morgan fingerprint density at radius 1 is 1.62 bits per heavy atom. The lowest BCUT2D eigenvalue weighted by molar-refractivity contribution is 0.563. The van der Waals surface area contributed by atoms with E-state index in [1.807, 2.05) is 0 Å². The standard InChI is InChI=1S/C4HClFN2/c5-3-1-2-4(6)8-7-3/h2H. The van der Waals surface area contributed by atoms with Crippen molar-refractivity contribution in [2.24, 2.45) is 0 Å². The highest BCUT2D eigenvalue weighted by molar-refractivity contribution is 6.29. The van der Waals surface area contributed by atoms with Gasteiger partial charge in [-0.2, -0.15) is 4.39 Å². The zero-order valence-corrected chi connectivity index (χ0v) is 4.48. The first-order chi connectivity index (χ1) is 3.79. The summed E-state index contributed by atoms with van der Waals surface area (Å²) in [6.45, 7) is 0. The molecule has 8 heavy (non-hydrogen) atoms. The molecule has 2 nitrogen and oxygen atoms in total. The smallest absolute Gasteiger partial charge is 0.183 e. The van der Waals surface area contributed by atoms with Crippen LogP contribution in [0.25, 0.3) is 0 Å². The molecule has 1 aromatic heterocycles. The molecule has 0 aliphatic heterocycles. The molecule has 0 spiro atoms. The SMILES string of the molecule is Fc1c[c]c(Cl)nn1. The summed E-state index contributed by atoms with van der Waals surface area (Å²) in [7, 11) is 0. The van der Waals surface area contributed by atoms with E-state index >= 15 is 0 Å². The van der Waals surface area contributed by atoms with Crippen molar-refractivity contribution in [1.82, 2.24) is 10.2 Å². The first kappa shape index (κ1) is 5.44. The predicted molar refractivity (Wildman–Crippen MR) is 25.8 cm³/mol. The molecule has 0 saturated carbocycles. The quantitative estimate of drug-likeness (QED) is 0.526. The fourth-order valence-corrected chi connectivity index (χ4v) is 0.361. The predicted octanol–water partition coefficient (Wildman–Crippen LogP) is 1.07. The molecule has 0 aliphatic rings. The highest BCUT2D eigenvalue weighted by Crippen LogP contribution is 1.98. The van der Waals surface area contributed by atoms with Crippen molar-refractivity contribution < 1.29 is 4.39 Å². The van der Waals surface area contributed by atoms with Crippen LogP contribution in [0.2, 0.25) is 5.15 Å². The molecule has 0 aliphatic carbocycles. The Balaban J connectivity index is 3.03. The van der Waals surface area contributed by atoms with Crippen LogP contribution in [0.4, 0.5) is 4.39 Å². The molecule has 1 aromatic rings. The Labute approximate surface area is 50.3 Å². The minimum absolute atomic E-state index is 0.0754. The van der Waals surface area contributed by atoms with Gasteiger partial charge in [0.05, 0.1) is 0 Å². The third-order valence-electron chi connectivity index (χ3n) is 0.544. The van der Waals surface area contributed by atoms with Crippen molar-refractivity contribution in [2.45, 2.75) is 0 Å². The third-order valence-corrected chi connectivity index (χ3v) is 0.728. The van der Waals surface area contributed by atoms with E-state index in [9.17, 15) is 4.39 Å². The maximum Gasteiger partial charge on any atom is 0.234 e. The van der Waals surface area contributed by atoms with E-state index in [0.29, 0.717) is 0 Å². The Hall–Kier alpha value is -0.700. The average molecular weight is 132 g/mol. The first-order valence-corrected chi connectivity index (χ1v) is 2.23. The summed E-state index contributed by atoms with van der Waals surface area (Å²) in [4.78, 5) is 0. The topological polar surface area (TPSA) is 25.8 Å². The molecule has 1 heterocycles. The minimum atomic E-state index is -0.672. The van der Waals surface area contributed by atoms with Crippen molar-refractivity contribution in [3.05, 3.63) is 23.2 Å². The van der Waals surface area contributed by atoms with Crippen LogP contribution in [0.5, 0.6) is 0 Å². The Bertz CT molecular complexity index is 153. The number of aromatic nitrogens is 2. The Kier molecular flexibility index (Phi) is 1.39. The van der Waals surface area contributed by atoms with Crippen LogP contribution >= 0.6 is 11.6 Å². The highest BCUT2D eigenvalue weighted by atomic mass is 35.5. The van der Waals surface area contributed by atoms with Gasteiger partial charge >= 0.3 is 0 Å². The summed E-state index contributed by atoms with van der Waals surface area (Å²) in [5.41, 5.74) is 0. The Morgan fingerprint density at radius 3 is 2.75 bits per heavy atom. The summed E-state index contributed by atoms with van der Waals surface area (Å²) in [6, 6.07) is 3.34. The molecule has 0 bridgehead atoms. The molecule has 0 N–H and O–H groups in total. The highest BCUT2D eigenvalue weighted by Gasteiger charge is 1.89. The van der Waals surface area contributed by atoms with Gasteiger partial charge in [-0.15, -0.1) is 10.2 Å². The molecule has 0 saturated heterocycles. The van der Waals surface area contributed by atoms with E-state index in [2.05, 4.69) is 16.3 Å². The van der Waals surface area contributed by atoms with Gasteiger partial charge in [0.1, 0.15) is 0 Å². The summed E-state index contributed by atoms with van der Waals surface area (Å²) in [5.74, 6) is -0.672. The first-order valence-electron chi connectivity index (χ1n) is 1.85. The maximum absolute atomic E-state index is 11.8. The zero-order valence-electron chi connectivity index (χ0n) is 3.73. The zero-order chi connectivity index (χ0) is 5.98. The molecule has 0 fully saturated rings. The number of nitrogens with zero attached hydrogens (tertiary/aromatic N) is 2. The molecule has 0 aromatic carbocycles. The monoisotopic (exact) mass is 131 g/mol. The summed E-state index contributed by atoms with van der Waals surface area (Å²) >= 11 is 5.22. The second-order valence-electron chi connectivity index (χ2n) is 1.10. The van der Waals surface area contributed by atoms with E-state index < -0.39 is 5.95 Å². The molecular formula is C4HClFN2. The van der Waals surface area contributed by atoms with Gasteiger partial charge in [-0.05, 0) is 0 Å². The molecule has 0 unspecified atom stereocenters. The Morgan fingerprint density at radius 2 is 2.38 bits per heavy atom. The molecule has 0 atom stereocenters. The van der Waals surface area contributed by atoms with Crippen LogP contribution < -0.4 is 0 Å². The van der Waals surface area contributed by atoms with Crippen LogP contribution in [0.1, 0.15) is 0 Å². The maximum atomic E-state index is 11.8. The van der Waals surface area contributed by atoms with Crippen molar-refractivity contribution in [3.8, 4) is 0 Å². The van der Waals surface area contributed by atoms with E-state index in [1.165, 1.54) is 0 Å². The normalized spacial score (nSPS) is 9.25. The van der Waals surface area contributed by atoms with E-state index in [0.717, 1.165) is 6.07 Å². The molecule has 41 valence electrons. The minimum Gasteiger partial charge on any atom is -0.183 e. The van der Waals surface area contributed by atoms with Gasteiger partial charge in [0.25, 0.3) is 0 Å². The molecular weight excluding hydrogens is 131 g/mol. The number of hydrogen-bond acceptors (Lipinski definition) is 2. The van der Waals surface area contributed by atoms with Gasteiger partial charge in [-0.1, -0.05) is 11.6 Å². The largest absolute Gasteiger partial charge is 0.234 e. The molecule has 1 radical (unpaired) electrons. The average Bonchev–Trinajstić information content (AvgIpc) is 1.77. The van der Waals surface area contributed by atoms with Crippen molar-refractivity contribution in [3.63, 3.8) is 0 Å². The van der Waals surface area contributed by atoms with Crippen LogP contribution in [0, 0.1) is 12.0 Å². The lowest BCUT2D eigenvalue weighted by atomic mass is 10.6. The summed E-state index contributed by atoms with van der Waals surface area (Å²) in [6.07, 6.45) is 0. The van der Waals surface area contributed by atoms with Crippen LogP contribution in [-0.2, 0) is 0 Å². The van der Waals surface area contributed by atoms with Crippen LogP contribution in [0.15, 0.2) is 6.07 Å². The fourth-order valence-electron chi connectivity index (χ4n) is 0.269. The number of hydrogen-bond donors (Lipinski definition) is 0. The van der Waals surface area contributed by atoms with Crippen LogP contribution in [0.3, 0.4) is 0 Å². The molecule has 1 rings (SSSR count). The second kappa shape index (κ2) is 2.05. The van der Waals surface area contributed by atoms with Crippen LogP contribution in [-0.4, -0.2) is 10.2 Å². The van der Waals surface area contributed by atoms with Crippen molar-refractivity contribution >= 4 is 11.6 Å². The van der Waals surface area contributed by atoms with Gasteiger partial charge in [-0.3, -0.25) is 0 Å². The van der Waals surface area contributed by atoms with Gasteiger partial charge in [0, 0.05) is 12.1 Å². The van der Waals surface area contributed by atoms with E-state index in [4.69, 9.17) is 11.6 Å². The summed E-state index contributed by atoms with van der Waals surface area (Å²) < 4.78 is 11.8. The fraction of sp³-hybridized carbons (Fsp3) is 0. The second-order valence-corrected chi connectivity index (χ2v) is 1.46. The number of rotatable bonds is 0. The van der Waals surface area contributed by atoms with Gasteiger partial charge in [0.2, 0.25) is 5.95 Å². The van der Waals surface area contributed by atoms with Crippen molar-refractivity contribution in [2.75, 3.05) is 0 Å². The molecule has 0 amide bonds. The van der Waals surface area contributed by atoms with Gasteiger partial charge in [0.15, 0.2) is 5.15 Å². The summed E-state index contributed by atoms with van der Waals surface area (Å²) in [5, 5.41) is 6.24. The van der Waals surface area contributed by atoms with E-state index in [1.54, 1.807) is 0 Å². The van der Waals surface area contributed by atoms with Crippen molar-refractivity contribution in [1.29, 1.82) is 0 Å². The number of halogens is 2. The van der Waals surface area contributed by atoms with Gasteiger partial charge < -0.3 is 0 Å². The third kappa shape index (κ3) is 1.13. The van der Waals surface area contributed by atoms with Gasteiger partial charge in [-0.25, -0.2) is 0 Å². The van der Waals surface area contributed by atoms with E-state index in [-0.39, 0.29) is 5.15 Å². The lowest BCUT2D eigenvalue weighted by Gasteiger charge is -1.81. The lowest BCUT2D eigenvalue weighted by Crippen LogP contribution is -1.84. The molecule has 4 heteroatoms.